The Morgan fingerprint density at radius 3 is 2.58 bits per heavy atom. The number of hydrogen-bond acceptors (Lipinski definition) is 3. The van der Waals surface area contributed by atoms with Gasteiger partial charge < -0.3 is 15.3 Å². The first-order valence-electron chi connectivity index (χ1n) is 4.71. The molecule has 0 aliphatic rings. The minimum Gasteiger partial charge on any atom is -0.396 e. The van der Waals surface area contributed by atoms with Crippen LogP contribution in [0.3, 0.4) is 0 Å². The SMILES string of the molecule is CCCN(C)CC(CCO)NC. The lowest BCUT2D eigenvalue weighted by molar-refractivity contribution is 0.234. The second-order valence-electron chi connectivity index (χ2n) is 3.26. The van der Waals surface area contributed by atoms with Crippen molar-refractivity contribution in [2.24, 2.45) is 0 Å². The van der Waals surface area contributed by atoms with Gasteiger partial charge in [-0.2, -0.15) is 0 Å². The molecule has 74 valence electrons. The van der Waals surface area contributed by atoms with Gasteiger partial charge in [0.2, 0.25) is 0 Å². The quantitative estimate of drug-likeness (QED) is 0.582. The van der Waals surface area contributed by atoms with Crippen molar-refractivity contribution in [3.63, 3.8) is 0 Å². The molecule has 0 aromatic rings. The van der Waals surface area contributed by atoms with E-state index >= 15 is 0 Å². The van der Waals surface area contributed by atoms with Crippen LogP contribution in [0, 0.1) is 0 Å². The smallest absolute Gasteiger partial charge is 0.0446 e. The fourth-order valence-electron chi connectivity index (χ4n) is 1.33. The molecule has 0 rings (SSSR count). The van der Waals surface area contributed by atoms with Crippen LogP contribution in [0.25, 0.3) is 0 Å². The monoisotopic (exact) mass is 174 g/mol. The highest BCUT2D eigenvalue weighted by Crippen LogP contribution is 1.94. The van der Waals surface area contributed by atoms with Crippen LogP contribution in [0.4, 0.5) is 0 Å². The van der Waals surface area contributed by atoms with Crippen LogP contribution < -0.4 is 5.32 Å². The average molecular weight is 174 g/mol. The lowest BCUT2D eigenvalue weighted by Gasteiger charge is -2.22. The number of hydrogen-bond donors (Lipinski definition) is 2. The molecule has 0 aliphatic heterocycles. The molecule has 12 heavy (non-hydrogen) atoms. The minimum absolute atomic E-state index is 0.269. The number of nitrogens with zero attached hydrogens (tertiary/aromatic N) is 1. The molecule has 0 aliphatic carbocycles. The molecule has 0 amide bonds. The van der Waals surface area contributed by atoms with Crippen molar-refractivity contribution >= 4 is 0 Å². The van der Waals surface area contributed by atoms with E-state index < -0.39 is 0 Å². The van der Waals surface area contributed by atoms with E-state index in [2.05, 4.69) is 24.2 Å². The molecule has 0 saturated heterocycles. The third-order valence-corrected chi connectivity index (χ3v) is 2.02. The molecule has 0 aromatic carbocycles. The van der Waals surface area contributed by atoms with Crippen LogP contribution in [0.15, 0.2) is 0 Å². The van der Waals surface area contributed by atoms with E-state index in [1.54, 1.807) is 0 Å². The molecule has 1 unspecified atom stereocenters. The summed E-state index contributed by atoms with van der Waals surface area (Å²) in [5.74, 6) is 0. The molecule has 0 spiro atoms. The van der Waals surface area contributed by atoms with Gasteiger partial charge in [-0.15, -0.1) is 0 Å². The zero-order chi connectivity index (χ0) is 9.40. The average Bonchev–Trinajstić information content (AvgIpc) is 2.04. The van der Waals surface area contributed by atoms with Crippen molar-refractivity contribution in [1.29, 1.82) is 0 Å². The van der Waals surface area contributed by atoms with Crippen LogP contribution in [-0.4, -0.2) is 49.8 Å². The van der Waals surface area contributed by atoms with Gasteiger partial charge >= 0.3 is 0 Å². The standard InChI is InChI=1S/C9H22N2O/c1-4-6-11(3)8-9(10-2)5-7-12/h9-10,12H,4-8H2,1-3H3. The predicted octanol–water partition coefficient (Wildman–Crippen LogP) is 0.299. The Morgan fingerprint density at radius 2 is 2.17 bits per heavy atom. The van der Waals surface area contributed by atoms with Crippen LogP contribution in [0.5, 0.6) is 0 Å². The Kier molecular flexibility index (Phi) is 7.45. The van der Waals surface area contributed by atoms with E-state index in [0.29, 0.717) is 6.04 Å². The van der Waals surface area contributed by atoms with Gasteiger partial charge in [0.15, 0.2) is 0 Å². The fourth-order valence-corrected chi connectivity index (χ4v) is 1.33. The summed E-state index contributed by atoms with van der Waals surface area (Å²) in [6, 6.07) is 0.423. The van der Waals surface area contributed by atoms with Gasteiger partial charge in [0, 0.05) is 19.2 Å². The van der Waals surface area contributed by atoms with Crippen molar-refractivity contribution in [1.82, 2.24) is 10.2 Å². The predicted molar refractivity (Wildman–Crippen MR) is 52.3 cm³/mol. The van der Waals surface area contributed by atoms with Crippen LogP contribution in [0.1, 0.15) is 19.8 Å². The molecule has 2 N–H and O–H groups in total. The first-order chi connectivity index (χ1) is 5.74. The van der Waals surface area contributed by atoms with Gasteiger partial charge in [-0.05, 0) is 33.5 Å². The third kappa shape index (κ3) is 5.52. The van der Waals surface area contributed by atoms with Crippen LogP contribution >= 0.6 is 0 Å². The molecular formula is C9H22N2O. The Balaban J connectivity index is 3.53. The maximum absolute atomic E-state index is 8.75. The highest BCUT2D eigenvalue weighted by molar-refractivity contribution is 4.67. The molecule has 0 bridgehead atoms. The number of aliphatic hydroxyl groups excluding tert-OH is 1. The summed E-state index contributed by atoms with van der Waals surface area (Å²) >= 11 is 0. The van der Waals surface area contributed by atoms with E-state index in [0.717, 1.165) is 19.5 Å². The molecular weight excluding hydrogens is 152 g/mol. The van der Waals surface area contributed by atoms with E-state index in [-0.39, 0.29) is 6.61 Å². The molecule has 3 nitrogen and oxygen atoms in total. The van der Waals surface area contributed by atoms with Gasteiger partial charge in [0.25, 0.3) is 0 Å². The normalized spacial score (nSPS) is 13.8. The summed E-state index contributed by atoms with van der Waals surface area (Å²) < 4.78 is 0. The van der Waals surface area contributed by atoms with Gasteiger partial charge in [-0.1, -0.05) is 6.92 Å². The molecule has 0 aromatic heterocycles. The molecule has 0 heterocycles. The van der Waals surface area contributed by atoms with E-state index in [4.69, 9.17) is 5.11 Å². The maximum Gasteiger partial charge on any atom is 0.0446 e. The molecule has 0 fully saturated rings. The summed E-state index contributed by atoms with van der Waals surface area (Å²) in [5, 5.41) is 11.9. The summed E-state index contributed by atoms with van der Waals surface area (Å²) in [4.78, 5) is 2.29. The molecule has 3 heteroatoms. The number of nitrogens with one attached hydrogen (secondary N) is 1. The van der Waals surface area contributed by atoms with E-state index in [9.17, 15) is 0 Å². The Bertz CT molecular complexity index is 98.5. The maximum atomic E-state index is 8.75. The lowest BCUT2D eigenvalue weighted by Crippen LogP contribution is -2.38. The number of aliphatic hydroxyl groups is 1. The van der Waals surface area contributed by atoms with Gasteiger partial charge in [-0.3, -0.25) is 0 Å². The number of rotatable bonds is 7. The number of likely N-dealkylation sites (N-methyl/N-ethyl adjacent to an activating group) is 2. The topological polar surface area (TPSA) is 35.5 Å². The van der Waals surface area contributed by atoms with Crippen LogP contribution in [-0.2, 0) is 0 Å². The zero-order valence-electron chi connectivity index (χ0n) is 8.51. The minimum atomic E-state index is 0.269. The lowest BCUT2D eigenvalue weighted by atomic mass is 10.2. The van der Waals surface area contributed by atoms with E-state index in [1.807, 2.05) is 7.05 Å². The van der Waals surface area contributed by atoms with Crippen LogP contribution in [0.2, 0.25) is 0 Å². The third-order valence-electron chi connectivity index (χ3n) is 2.02. The van der Waals surface area contributed by atoms with E-state index in [1.165, 1.54) is 6.42 Å². The molecule has 0 radical (unpaired) electrons. The second kappa shape index (κ2) is 7.53. The second-order valence-corrected chi connectivity index (χ2v) is 3.26. The molecule has 1 atom stereocenters. The van der Waals surface area contributed by atoms with Gasteiger partial charge in [0.05, 0.1) is 0 Å². The van der Waals surface area contributed by atoms with Gasteiger partial charge in [-0.25, -0.2) is 0 Å². The van der Waals surface area contributed by atoms with Gasteiger partial charge in [0.1, 0.15) is 0 Å². The summed E-state index contributed by atoms with van der Waals surface area (Å²) in [7, 11) is 4.06. The summed E-state index contributed by atoms with van der Waals surface area (Å²) in [6.07, 6.45) is 2.02. The molecule has 0 saturated carbocycles. The Labute approximate surface area is 75.8 Å². The highest BCUT2D eigenvalue weighted by Gasteiger charge is 2.07. The van der Waals surface area contributed by atoms with Crippen molar-refractivity contribution in [2.75, 3.05) is 33.8 Å². The first kappa shape index (κ1) is 11.9. The Hall–Kier alpha value is -0.120. The summed E-state index contributed by atoms with van der Waals surface area (Å²) in [6.45, 7) is 4.59. The largest absolute Gasteiger partial charge is 0.396 e. The zero-order valence-corrected chi connectivity index (χ0v) is 8.51. The van der Waals surface area contributed by atoms with Crippen molar-refractivity contribution in [3.8, 4) is 0 Å². The summed E-state index contributed by atoms with van der Waals surface area (Å²) in [5.41, 5.74) is 0. The Morgan fingerprint density at radius 1 is 1.50 bits per heavy atom. The highest BCUT2D eigenvalue weighted by atomic mass is 16.3. The van der Waals surface area contributed by atoms with Crippen molar-refractivity contribution in [3.05, 3.63) is 0 Å². The van der Waals surface area contributed by atoms with Crippen molar-refractivity contribution in [2.45, 2.75) is 25.8 Å². The fraction of sp³-hybridized carbons (Fsp3) is 1.00. The first-order valence-corrected chi connectivity index (χ1v) is 4.71. The van der Waals surface area contributed by atoms with Crippen molar-refractivity contribution < 1.29 is 5.11 Å².